The summed E-state index contributed by atoms with van der Waals surface area (Å²) in [6.45, 7) is -0.214. The molecule has 0 spiro atoms. The van der Waals surface area contributed by atoms with E-state index in [0.717, 1.165) is 22.5 Å². The first-order chi connectivity index (χ1) is 10.3. The summed E-state index contributed by atoms with van der Waals surface area (Å²) in [7, 11) is 0. The van der Waals surface area contributed by atoms with Gasteiger partial charge >= 0.3 is 17.9 Å². The van der Waals surface area contributed by atoms with E-state index in [-0.39, 0.29) is 23.8 Å². The number of thioether (sulfide) groups is 1. The maximum atomic E-state index is 12.0. The lowest BCUT2D eigenvalue weighted by atomic mass is 10.5. The molecule has 2 rings (SSSR count). The topological polar surface area (TPSA) is 102 Å². The summed E-state index contributed by atoms with van der Waals surface area (Å²) >= 11 is 1.05. The molecule has 12 heteroatoms. The molecule has 0 fully saturated rings. The van der Waals surface area contributed by atoms with Gasteiger partial charge in [0.05, 0.1) is 0 Å². The predicted octanol–water partition coefficient (Wildman–Crippen LogP) is 1.41. The van der Waals surface area contributed by atoms with Gasteiger partial charge < -0.3 is 15.4 Å². The average Bonchev–Trinajstić information content (AvgIpc) is 2.85. The van der Waals surface area contributed by atoms with Gasteiger partial charge in [0.15, 0.2) is 0 Å². The number of rotatable bonds is 5. The van der Waals surface area contributed by atoms with E-state index in [0.29, 0.717) is 5.03 Å². The van der Waals surface area contributed by atoms with Crippen LogP contribution in [0.25, 0.3) is 5.65 Å². The lowest BCUT2D eigenvalue weighted by Crippen LogP contribution is -2.37. The van der Waals surface area contributed by atoms with Crippen LogP contribution in [0.3, 0.4) is 0 Å². The number of hydrogen-bond donors (Lipinski definition) is 1. The third-order valence-electron chi connectivity index (χ3n) is 2.40. The van der Waals surface area contributed by atoms with Crippen molar-refractivity contribution in [2.75, 3.05) is 12.3 Å². The number of nitrogens with one attached hydrogen (secondary N) is 1. The number of amides is 1. The number of fused-ring (bicyclic) bond motifs is 1. The van der Waals surface area contributed by atoms with Crippen molar-refractivity contribution in [2.45, 2.75) is 11.2 Å². The Balaban J connectivity index is 1.96. The highest BCUT2D eigenvalue weighted by molar-refractivity contribution is 7.99. The van der Waals surface area contributed by atoms with E-state index in [1.165, 1.54) is 12.1 Å². The lowest BCUT2D eigenvalue weighted by Gasteiger charge is -2.06. The van der Waals surface area contributed by atoms with Crippen molar-refractivity contribution in [2.24, 2.45) is 0 Å². The zero-order valence-corrected chi connectivity index (χ0v) is 11.5. The first-order valence-corrected chi connectivity index (χ1v) is 6.74. The van der Waals surface area contributed by atoms with Crippen LogP contribution in [-0.2, 0) is 4.79 Å². The van der Waals surface area contributed by atoms with Crippen LogP contribution < -0.4 is 5.32 Å². The number of aromatic nitrogens is 3. The van der Waals surface area contributed by atoms with Crippen molar-refractivity contribution in [3.05, 3.63) is 28.4 Å². The molecule has 0 saturated heterocycles. The summed E-state index contributed by atoms with van der Waals surface area (Å²) in [5, 5.41) is 16.8. The van der Waals surface area contributed by atoms with Gasteiger partial charge in [0.25, 0.3) is 0 Å². The van der Waals surface area contributed by atoms with Crippen molar-refractivity contribution in [1.82, 2.24) is 19.9 Å². The minimum Gasteiger partial charge on any atom is -0.358 e. The molecule has 8 nitrogen and oxygen atoms in total. The van der Waals surface area contributed by atoms with Gasteiger partial charge in [-0.15, -0.1) is 11.8 Å². The Morgan fingerprint density at radius 3 is 2.82 bits per heavy atom. The summed E-state index contributed by atoms with van der Waals surface area (Å²) in [6.07, 6.45) is -3.86. The molecule has 0 unspecified atom stereocenters. The summed E-state index contributed by atoms with van der Waals surface area (Å²) in [5.41, 5.74) is 0.279. The summed E-state index contributed by atoms with van der Waals surface area (Å²) in [5.74, 6) is -2.20. The average molecular weight is 335 g/mol. The van der Waals surface area contributed by atoms with Gasteiger partial charge in [-0.1, -0.05) is 9.61 Å². The molecule has 22 heavy (non-hydrogen) atoms. The minimum absolute atomic E-state index is 0.128. The largest absolute Gasteiger partial charge is 0.471 e. The molecule has 118 valence electrons. The second-order valence-electron chi connectivity index (χ2n) is 3.92. The molecule has 0 atom stereocenters. The fourth-order valence-electron chi connectivity index (χ4n) is 1.47. The molecule has 0 aliphatic rings. The second kappa shape index (κ2) is 6.17. The second-order valence-corrected chi connectivity index (χ2v) is 5.03. The Kier molecular flexibility index (Phi) is 4.49. The van der Waals surface area contributed by atoms with E-state index in [4.69, 9.17) is 0 Å². The maximum absolute atomic E-state index is 12.0. The smallest absolute Gasteiger partial charge is 0.358 e. The summed E-state index contributed by atoms with van der Waals surface area (Å²) in [6, 6.07) is 3.03. The van der Waals surface area contributed by atoms with Crippen molar-refractivity contribution in [1.29, 1.82) is 0 Å². The molecule has 2 aromatic rings. The van der Waals surface area contributed by atoms with Crippen LogP contribution in [0.4, 0.5) is 19.0 Å². The standard InChI is InChI=1S/C10H8F3N5O3S/c11-10(12,13)9(19)14-3-4-22-7-2-1-6-15-5-8(18(20)21)17(6)16-7/h1-2,5H,3-4H2,(H,14,19). The highest BCUT2D eigenvalue weighted by atomic mass is 32.2. The third-order valence-corrected chi connectivity index (χ3v) is 3.32. The number of carbonyl (C=O) groups is 1. The quantitative estimate of drug-likeness (QED) is 0.383. The zero-order valence-electron chi connectivity index (χ0n) is 10.7. The van der Waals surface area contributed by atoms with Gasteiger partial charge in [-0.3, -0.25) is 4.79 Å². The van der Waals surface area contributed by atoms with Crippen molar-refractivity contribution < 1.29 is 22.9 Å². The Labute approximate surface area is 124 Å². The van der Waals surface area contributed by atoms with Crippen LogP contribution in [0.15, 0.2) is 23.4 Å². The van der Waals surface area contributed by atoms with Gasteiger partial charge in [0.2, 0.25) is 5.65 Å². The molecule has 0 saturated carbocycles. The van der Waals surface area contributed by atoms with E-state index < -0.39 is 17.0 Å². The summed E-state index contributed by atoms with van der Waals surface area (Å²) in [4.78, 5) is 24.5. The van der Waals surface area contributed by atoms with Gasteiger partial charge in [-0.25, -0.2) is 4.98 Å². The molecular formula is C10H8F3N5O3S. The first-order valence-electron chi connectivity index (χ1n) is 5.76. The molecule has 0 aromatic carbocycles. The van der Waals surface area contributed by atoms with Gasteiger partial charge in [-0.05, 0) is 11.0 Å². The van der Waals surface area contributed by atoms with Crippen molar-refractivity contribution >= 4 is 29.1 Å². The van der Waals surface area contributed by atoms with E-state index in [1.54, 1.807) is 5.32 Å². The Morgan fingerprint density at radius 2 is 2.18 bits per heavy atom. The van der Waals surface area contributed by atoms with Crippen LogP contribution in [0.1, 0.15) is 0 Å². The lowest BCUT2D eigenvalue weighted by molar-refractivity contribution is -0.391. The SMILES string of the molecule is O=C(NCCSc1ccc2ncc([N+](=O)[O-])n2n1)C(F)(F)F. The minimum atomic E-state index is -4.92. The molecular weight excluding hydrogens is 327 g/mol. The predicted molar refractivity (Wildman–Crippen MR) is 69.4 cm³/mol. The van der Waals surface area contributed by atoms with Crippen LogP contribution in [-0.4, -0.2) is 43.9 Å². The number of hydrogen-bond acceptors (Lipinski definition) is 6. The fourth-order valence-corrected chi connectivity index (χ4v) is 2.18. The number of carbonyl (C=O) groups excluding carboxylic acids is 1. The molecule has 1 amide bonds. The maximum Gasteiger partial charge on any atom is 0.471 e. The molecule has 0 aliphatic heterocycles. The van der Waals surface area contributed by atoms with Crippen LogP contribution in [0.5, 0.6) is 0 Å². The molecule has 0 aliphatic carbocycles. The molecule has 2 heterocycles. The number of nitro groups is 1. The molecule has 0 bridgehead atoms. The van der Waals surface area contributed by atoms with Crippen LogP contribution in [0, 0.1) is 10.1 Å². The third kappa shape index (κ3) is 3.63. The Bertz CT molecular complexity index is 717. The number of halogens is 3. The zero-order chi connectivity index (χ0) is 16.3. The molecule has 1 N–H and O–H groups in total. The highest BCUT2D eigenvalue weighted by Crippen LogP contribution is 2.19. The molecule has 2 aromatic heterocycles. The number of alkyl halides is 3. The van der Waals surface area contributed by atoms with Gasteiger partial charge in [0, 0.05) is 18.4 Å². The molecule has 0 radical (unpaired) electrons. The normalized spacial score (nSPS) is 11.6. The Morgan fingerprint density at radius 1 is 1.45 bits per heavy atom. The van der Waals surface area contributed by atoms with E-state index in [9.17, 15) is 28.1 Å². The fraction of sp³-hybridized carbons (Fsp3) is 0.300. The van der Waals surface area contributed by atoms with Gasteiger partial charge in [0.1, 0.15) is 11.2 Å². The highest BCUT2D eigenvalue weighted by Gasteiger charge is 2.38. The number of nitrogens with zero attached hydrogens (tertiary/aromatic N) is 4. The van der Waals surface area contributed by atoms with E-state index in [2.05, 4.69) is 10.1 Å². The van der Waals surface area contributed by atoms with E-state index in [1.807, 2.05) is 0 Å². The van der Waals surface area contributed by atoms with E-state index >= 15 is 0 Å². The Hall–Kier alpha value is -2.37. The monoisotopic (exact) mass is 335 g/mol. The van der Waals surface area contributed by atoms with Crippen molar-refractivity contribution in [3.8, 4) is 0 Å². The van der Waals surface area contributed by atoms with Crippen molar-refractivity contribution in [3.63, 3.8) is 0 Å². The van der Waals surface area contributed by atoms with Gasteiger partial charge in [-0.2, -0.15) is 13.2 Å². The van der Waals surface area contributed by atoms with Crippen LogP contribution in [0.2, 0.25) is 0 Å². The summed E-state index contributed by atoms with van der Waals surface area (Å²) < 4.78 is 36.9. The first kappa shape index (κ1) is 16.0. The number of imidazole rings is 1. The van der Waals surface area contributed by atoms with Crippen LogP contribution >= 0.6 is 11.8 Å².